The van der Waals surface area contributed by atoms with E-state index in [1.165, 1.54) is 5.56 Å². The minimum atomic E-state index is 0.193. The number of hydrogen-bond donors (Lipinski definition) is 0. The van der Waals surface area contributed by atoms with Gasteiger partial charge in [0.15, 0.2) is 0 Å². The van der Waals surface area contributed by atoms with Crippen molar-refractivity contribution >= 4 is 40.3 Å². The Balaban J connectivity index is 2.10. The molecule has 0 spiro atoms. The fourth-order valence-electron chi connectivity index (χ4n) is 2.64. The van der Waals surface area contributed by atoms with Gasteiger partial charge in [0.1, 0.15) is 0 Å². The number of halogens is 2. The van der Waals surface area contributed by atoms with Crippen LogP contribution in [0, 0.1) is 0 Å². The van der Waals surface area contributed by atoms with Crippen molar-refractivity contribution in [3.63, 3.8) is 0 Å². The maximum Gasteiger partial charge on any atom is 0.223 e. The Morgan fingerprint density at radius 3 is 2.71 bits per heavy atom. The first-order valence-corrected chi connectivity index (χ1v) is 7.23. The van der Waals surface area contributed by atoms with Crippen LogP contribution in [0.15, 0.2) is 41.4 Å². The highest BCUT2D eigenvalue weighted by Crippen LogP contribution is 2.34. The Labute approximate surface area is 131 Å². The number of hydrogen-bond acceptors (Lipinski definition) is 3. The normalized spacial score (nSPS) is 12.9. The van der Waals surface area contributed by atoms with E-state index in [2.05, 4.69) is 21.0 Å². The molecule has 21 heavy (non-hydrogen) atoms. The van der Waals surface area contributed by atoms with E-state index in [0.29, 0.717) is 17.1 Å². The van der Waals surface area contributed by atoms with E-state index < -0.39 is 0 Å². The third kappa shape index (κ3) is 2.01. The summed E-state index contributed by atoms with van der Waals surface area (Å²) in [5.41, 5.74) is 4.75. The van der Waals surface area contributed by atoms with Crippen molar-refractivity contribution in [2.75, 3.05) is 0 Å². The molecule has 0 fully saturated rings. The van der Waals surface area contributed by atoms with Gasteiger partial charge in [-0.1, -0.05) is 41.9 Å². The number of para-hydroxylation sites is 1. The first-order valence-electron chi connectivity index (χ1n) is 6.48. The second kappa shape index (κ2) is 4.79. The zero-order chi connectivity index (χ0) is 14.4. The molecule has 1 aliphatic heterocycles. The van der Waals surface area contributed by atoms with Crippen LogP contribution < -0.4 is 0 Å². The fourth-order valence-corrected chi connectivity index (χ4v) is 3.03. The summed E-state index contributed by atoms with van der Waals surface area (Å²) >= 11 is 12.3. The molecule has 3 nitrogen and oxygen atoms in total. The number of fused-ring (bicyclic) bond motifs is 2. The summed E-state index contributed by atoms with van der Waals surface area (Å²) < 4.78 is 0. The summed E-state index contributed by atoms with van der Waals surface area (Å²) in [7, 11) is 0. The lowest BCUT2D eigenvalue weighted by Crippen LogP contribution is -1.96. The second-order valence-corrected chi connectivity index (χ2v) is 5.57. The quantitative estimate of drug-likeness (QED) is 0.619. The van der Waals surface area contributed by atoms with E-state index >= 15 is 0 Å². The molecule has 1 aliphatic rings. The SMILES string of the molecule is Clc1nc(-c2cccc3c2C=NC3)c2cccc(Cl)c2n1. The van der Waals surface area contributed by atoms with Crippen molar-refractivity contribution in [2.24, 2.45) is 4.99 Å². The molecule has 0 bridgehead atoms. The largest absolute Gasteiger partial charge is 0.288 e. The summed E-state index contributed by atoms with van der Waals surface area (Å²) in [5.74, 6) is 0. The monoisotopic (exact) mass is 313 g/mol. The summed E-state index contributed by atoms with van der Waals surface area (Å²) in [6, 6.07) is 11.8. The van der Waals surface area contributed by atoms with Gasteiger partial charge >= 0.3 is 0 Å². The van der Waals surface area contributed by atoms with Gasteiger partial charge in [0.25, 0.3) is 0 Å². The highest BCUT2D eigenvalue weighted by atomic mass is 35.5. The van der Waals surface area contributed by atoms with Gasteiger partial charge in [0.2, 0.25) is 5.28 Å². The molecular weight excluding hydrogens is 305 g/mol. The highest BCUT2D eigenvalue weighted by molar-refractivity contribution is 6.36. The first kappa shape index (κ1) is 12.7. The molecule has 0 aliphatic carbocycles. The smallest absolute Gasteiger partial charge is 0.223 e. The van der Waals surface area contributed by atoms with Crippen molar-refractivity contribution in [1.82, 2.24) is 9.97 Å². The molecule has 0 saturated heterocycles. The number of rotatable bonds is 1. The standard InChI is InChI=1S/C16H9Cl2N3/c17-13-6-2-5-11-14(20-16(18)21-15(11)13)10-4-1-3-9-7-19-8-12(9)10/h1-6,8H,7H2. The number of nitrogens with zero attached hydrogens (tertiary/aromatic N) is 3. The maximum atomic E-state index is 6.23. The van der Waals surface area contributed by atoms with Crippen LogP contribution in [0.3, 0.4) is 0 Å². The third-order valence-electron chi connectivity index (χ3n) is 3.58. The summed E-state index contributed by atoms with van der Waals surface area (Å²) in [4.78, 5) is 13.0. The van der Waals surface area contributed by atoms with Gasteiger partial charge in [0.05, 0.1) is 22.8 Å². The van der Waals surface area contributed by atoms with Gasteiger partial charge in [-0.05, 0) is 23.2 Å². The number of benzene rings is 2. The molecule has 0 atom stereocenters. The maximum absolute atomic E-state index is 6.23. The van der Waals surface area contributed by atoms with Gasteiger partial charge in [-0.15, -0.1) is 0 Å². The summed E-state index contributed by atoms with van der Waals surface area (Å²) in [6.45, 7) is 0.709. The summed E-state index contributed by atoms with van der Waals surface area (Å²) in [6.07, 6.45) is 1.89. The Hall–Kier alpha value is -1.97. The van der Waals surface area contributed by atoms with Gasteiger partial charge in [-0.2, -0.15) is 0 Å². The zero-order valence-corrected chi connectivity index (χ0v) is 12.4. The van der Waals surface area contributed by atoms with Crippen molar-refractivity contribution in [3.05, 3.63) is 57.8 Å². The molecule has 0 saturated carbocycles. The average molecular weight is 314 g/mol. The first-order chi connectivity index (χ1) is 10.2. The van der Waals surface area contributed by atoms with E-state index in [1.807, 2.05) is 30.5 Å². The molecule has 0 N–H and O–H groups in total. The van der Waals surface area contributed by atoms with Crippen LogP contribution in [0.5, 0.6) is 0 Å². The molecule has 0 amide bonds. The molecule has 102 valence electrons. The van der Waals surface area contributed by atoms with Crippen LogP contribution in [-0.4, -0.2) is 16.2 Å². The van der Waals surface area contributed by atoms with E-state index in [1.54, 1.807) is 6.07 Å². The fraction of sp³-hybridized carbons (Fsp3) is 0.0625. The Morgan fingerprint density at radius 2 is 1.81 bits per heavy atom. The van der Waals surface area contributed by atoms with Crippen molar-refractivity contribution in [1.29, 1.82) is 0 Å². The third-order valence-corrected chi connectivity index (χ3v) is 4.06. The van der Waals surface area contributed by atoms with Crippen molar-refractivity contribution in [3.8, 4) is 11.3 Å². The van der Waals surface area contributed by atoms with Crippen LogP contribution in [0.25, 0.3) is 22.2 Å². The van der Waals surface area contributed by atoms with Gasteiger partial charge in [-0.3, -0.25) is 4.99 Å². The van der Waals surface area contributed by atoms with E-state index in [9.17, 15) is 0 Å². The van der Waals surface area contributed by atoms with Crippen LogP contribution in [0.1, 0.15) is 11.1 Å². The second-order valence-electron chi connectivity index (χ2n) is 4.83. The topological polar surface area (TPSA) is 38.1 Å². The Bertz CT molecular complexity index is 903. The molecule has 5 heteroatoms. The molecule has 4 rings (SSSR count). The van der Waals surface area contributed by atoms with Gasteiger partial charge < -0.3 is 0 Å². The Morgan fingerprint density at radius 1 is 0.952 bits per heavy atom. The molecule has 1 aromatic heterocycles. The average Bonchev–Trinajstić information content (AvgIpc) is 2.96. The highest BCUT2D eigenvalue weighted by Gasteiger charge is 2.17. The minimum Gasteiger partial charge on any atom is -0.288 e. The van der Waals surface area contributed by atoms with Crippen LogP contribution in [0.4, 0.5) is 0 Å². The lowest BCUT2D eigenvalue weighted by Gasteiger charge is -2.10. The van der Waals surface area contributed by atoms with Crippen LogP contribution >= 0.6 is 23.2 Å². The predicted octanol–water partition coefficient (Wildman–Crippen LogP) is 4.54. The summed E-state index contributed by atoms with van der Waals surface area (Å²) in [5, 5.41) is 1.65. The lowest BCUT2D eigenvalue weighted by molar-refractivity contribution is 1.11. The van der Waals surface area contributed by atoms with Crippen LogP contribution in [0.2, 0.25) is 10.3 Å². The molecule has 3 aromatic rings. The molecule has 2 heterocycles. The zero-order valence-electron chi connectivity index (χ0n) is 10.8. The van der Waals surface area contributed by atoms with Gasteiger partial charge in [0, 0.05) is 22.7 Å². The molecule has 0 unspecified atom stereocenters. The van der Waals surface area contributed by atoms with E-state index in [4.69, 9.17) is 23.2 Å². The Kier molecular flexibility index (Phi) is 2.91. The van der Waals surface area contributed by atoms with E-state index in [-0.39, 0.29) is 5.28 Å². The minimum absolute atomic E-state index is 0.193. The van der Waals surface area contributed by atoms with Crippen LogP contribution in [-0.2, 0) is 6.54 Å². The number of aromatic nitrogens is 2. The molecular formula is C16H9Cl2N3. The number of aliphatic imine (C=N–C) groups is 1. The predicted molar refractivity (Wildman–Crippen MR) is 86.3 cm³/mol. The molecule has 2 aromatic carbocycles. The van der Waals surface area contributed by atoms with Crippen molar-refractivity contribution < 1.29 is 0 Å². The molecule has 0 radical (unpaired) electrons. The van der Waals surface area contributed by atoms with Gasteiger partial charge in [-0.25, -0.2) is 9.97 Å². The van der Waals surface area contributed by atoms with Crippen molar-refractivity contribution in [2.45, 2.75) is 6.54 Å². The lowest BCUT2D eigenvalue weighted by atomic mass is 9.98. The van der Waals surface area contributed by atoms with E-state index in [0.717, 1.165) is 22.2 Å².